The third kappa shape index (κ3) is 6.41. The van der Waals surface area contributed by atoms with Crippen LogP contribution in [0, 0.1) is 12.3 Å². The van der Waals surface area contributed by atoms with Gasteiger partial charge in [-0.25, -0.2) is 0 Å². The summed E-state index contributed by atoms with van der Waals surface area (Å²) in [6, 6.07) is 0. The molecule has 1 atom stereocenters. The van der Waals surface area contributed by atoms with E-state index in [0.717, 1.165) is 12.0 Å². The van der Waals surface area contributed by atoms with Crippen LogP contribution in [0.3, 0.4) is 0 Å². The van der Waals surface area contributed by atoms with Gasteiger partial charge in [0.25, 0.3) is 0 Å². The molecule has 0 aliphatic rings. The van der Waals surface area contributed by atoms with Gasteiger partial charge in [0.05, 0.1) is 12.7 Å². The van der Waals surface area contributed by atoms with E-state index in [4.69, 9.17) is 4.74 Å². The van der Waals surface area contributed by atoms with Crippen LogP contribution in [0.5, 0.6) is 0 Å². The molecule has 0 aliphatic heterocycles. The van der Waals surface area contributed by atoms with E-state index in [1.54, 1.807) is 0 Å². The molecular formula is C11H21O. The Hall–Kier alpha value is -0.300. The molecule has 0 aromatic rings. The zero-order chi connectivity index (χ0) is 9.56. The molecule has 0 aliphatic carbocycles. The first-order chi connectivity index (χ1) is 5.56. The third-order valence-corrected chi connectivity index (χ3v) is 1.55. The van der Waals surface area contributed by atoms with Gasteiger partial charge in [0.2, 0.25) is 0 Å². The maximum atomic E-state index is 5.61. The van der Waals surface area contributed by atoms with Crippen molar-refractivity contribution in [3.63, 3.8) is 0 Å². The molecule has 71 valence electrons. The van der Waals surface area contributed by atoms with Crippen molar-refractivity contribution in [2.45, 2.75) is 40.2 Å². The monoisotopic (exact) mass is 169 g/mol. The molecule has 0 fully saturated rings. The zero-order valence-electron chi connectivity index (χ0n) is 8.76. The van der Waals surface area contributed by atoms with Crippen LogP contribution >= 0.6 is 0 Å². The highest BCUT2D eigenvalue weighted by Gasteiger charge is 2.08. The quantitative estimate of drug-likeness (QED) is 0.555. The summed E-state index contributed by atoms with van der Waals surface area (Å²) in [6.45, 7) is 13.0. The number of hydrogen-bond donors (Lipinski definition) is 0. The molecule has 0 rings (SSSR count). The van der Waals surface area contributed by atoms with E-state index in [1.807, 2.05) is 6.92 Å². The SMILES string of the molecule is C=C(C)COC([CH]C(C)C)CC. The van der Waals surface area contributed by atoms with Gasteiger partial charge in [-0.15, -0.1) is 0 Å². The lowest BCUT2D eigenvalue weighted by Gasteiger charge is -2.17. The lowest BCUT2D eigenvalue weighted by atomic mass is 10.0. The first-order valence-corrected chi connectivity index (χ1v) is 4.67. The Kier molecular flexibility index (Phi) is 6.09. The van der Waals surface area contributed by atoms with Crippen molar-refractivity contribution < 1.29 is 4.74 Å². The fourth-order valence-corrected chi connectivity index (χ4v) is 0.988. The van der Waals surface area contributed by atoms with Crippen molar-refractivity contribution in [2.24, 2.45) is 5.92 Å². The molecule has 1 radical (unpaired) electrons. The Balaban J connectivity index is 3.60. The second-order valence-corrected chi connectivity index (χ2v) is 3.65. The smallest absolute Gasteiger partial charge is 0.0675 e. The predicted molar refractivity (Wildman–Crippen MR) is 54.0 cm³/mol. The van der Waals surface area contributed by atoms with Crippen molar-refractivity contribution in [1.82, 2.24) is 0 Å². The molecule has 12 heavy (non-hydrogen) atoms. The minimum atomic E-state index is 0.293. The summed E-state index contributed by atoms with van der Waals surface area (Å²) in [5.74, 6) is 0.597. The molecule has 0 bridgehead atoms. The molecule has 1 heteroatoms. The Morgan fingerprint density at radius 3 is 2.42 bits per heavy atom. The van der Waals surface area contributed by atoms with Gasteiger partial charge in [-0.3, -0.25) is 0 Å². The summed E-state index contributed by atoms with van der Waals surface area (Å²) in [5.41, 5.74) is 1.09. The molecule has 0 aromatic heterocycles. The van der Waals surface area contributed by atoms with Crippen molar-refractivity contribution in [1.29, 1.82) is 0 Å². The lowest BCUT2D eigenvalue weighted by Crippen LogP contribution is -2.16. The summed E-state index contributed by atoms with van der Waals surface area (Å²) < 4.78 is 5.61. The molecule has 0 aromatic carbocycles. The first kappa shape index (κ1) is 11.7. The Morgan fingerprint density at radius 1 is 1.50 bits per heavy atom. The normalized spacial score (nSPS) is 13.4. The largest absolute Gasteiger partial charge is 0.374 e. The highest BCUT2D eigenvalue weighted by molar-refractivity contribution is 4.89. The van der Waals surface area contributed by atoms with Gasteiger partial charge < -0.3 is 4.74 Å². The molecule has 1 nitrogen and oxygen atoms in total. The van der Waals surface area contributed by atoms with Crippen molar-refractivity contribution in [2.75, 3.05) is 6.61 Å². The van der Waals surface area contributed by atoms with Crippen LogP contribution in [0.15, 0.2) is 12.2 Å². The van der Waals surface area contributed by atoms with Gasteiger partial charge >= 0.3 is 0 Å². The molecule has 0 spiro atoms. The third-order valence-electron chi connectivity index (χ3n) is 1.55. The highest BCUT2D eigenvalue weighted by Crippen LogP contribution is 2.10. The highest BCUT2D eigenvalue weighted by atomic mass is 16.5. The first-order valence-electron chi connectivity index (χ1n) is 4.67. The average Bonchev–Trinajstić information content (AvgIpc) is 1.97. The standard InChI is InChI=1S/C11H21O/c1-6-11(7-9(2)3)12-8-10(4)5/h7,9,11H,4,6,8H2,1-3,5H3. The summed E-state index contributed by atoms with van der Waals surface area (Å²) in [7, 11) is 0. The van der Waals surface area contributed by atoms with Gasteiger partial charge in [0.15, 0.2) is 0 Å². The number of rotatable bonds is 6. The number of ether oxygens (including phenoxy) is 1. The Labute approximate surface area is 76.8 Å². The van der Waals surface area contributed by atoms with Crippen LogP contribution in [-0.2, 0) is 4.74 Å². The van der Waals surface area contributed by atoms with Crippen LogP contribution in [0.2, 0.25) is 0 Å². The molecule has 1 unspecified atom stereocenters. The Morgan fingerprint density at radius 2 is 2.08 bits per heavy atom. The van der Waals surface area contributed by atoms with Crippen LogP contribution in [-0.4, -0.2) is 12.7 Å². The van der Waals surface area contributed by atoms with E-state index in [9.17, 15) is 0 Å². The number of hydrogen-bond acceptors (Lipinski definition) is 1. The van der Waals surface area contributed by atoms with E-state index < -0.39 is 0 Å². The average molecular weight is 169 g/mol. The summed E-state index contributed by atoms with van der Waals surface area (Å²) in [5, 5.41) is 0. The fraction of sp³-hybridized carbons (Fsp3) is 0.727. The minimum absolute atomic E-state index is 0.293. The van der Waals surface area contributed by atoms with Crippen molar-refractivity contribution in [3.05, 3.63) is 18.6 Å². The van der Waals surface area contributed by atoms with Gasteiger partial charge in [-0.05, 0) is 25.7 Å². The molecule has 0 heterocycles. The van der Waals surface area contributed by atoms with Gasteiger partial charge in [0, 0.05) is 0 Å². The minimum Gasteiger partial charge on any atom is -0.374 e. The zero-order valence-corrected chi connectivity index (χ0v) is 8.76. The molecule has 0 amide bonds. The second-order valence-electron chi connectivity index (χ2n) is 3.65. The predicted octanol–water partition coefficient (Wildman–Crippen LogP) is 3.22. The van der Waals surface area contributed by atoms with Crippen LogP contribution in [0.25, 0.3) is 0 Å². The summed E-state index contributed by atoms with van der Waals surface area (Å²) in [4.78, 5) is 0. The van der Waals surface area contributed by atoms with Crippen LogP contribution < -0.4 is 0 Å². The summed E-state index contributed by atoms with van der Waals surface area (Å²) >= 11 is 0. The topological polar surface area (TPSA) is 9.23 Å². The van der Waals surface area contributed by atoms with Crippen molar-refractivity contribution in [3.8, 4) is 0 Å². The maximum absolute atomic E-state index is 5.61. The van der Waals surface area contributed by atoms with E-state index >= 15 is 0 Å². The van der Waals surface area contributed by atoms with Gasteiger partial charge in [-0.1, -0.05) is 32.9 Å². The molecule has 0 N–H and O–H groups in total. The van der Waals surface area contributed by atoms with E-state index in [1.165, 1.54) is 0 Å². The van der Waals surface area contributed by atoms with E-state index in [2.05, 4.69) is 33.8 Å². The maximum Gasteiger partial charge on any atom is 0.0675 e. The molecule has 0 saturated heterocycles. The second kappa shape index (κ2) is 6.24. The van der Waals surface area contributed by atoms with Crippen LogP contribution in [0.1, 0.15) is 34.1 Å². The molecule has 0 saturated carbocycles. The Bertz CT molecular complexity index is 127. The molecular weight excluding hydrogens is 148 g/mol. The van der Waals surface area contributed by atoms with Crippen LogP contribution in [0.4, 0.5) is 0 Å². The van der Waals surface area contributed by atoms with Gasteiger partial charge in [-0.2, -0.15) is 0 Å². The fourth-order valence-electron chi connectivity index (χ4n) is 0.988. The van der Waals surface area contributed by atoms with Gasteiger partial charge in [0.1, 0.15) is 0 Å². The van der Waals surface area contributed by atoms with E-state index in [0.29, 0.717) is 18.6 Å². The lowest BCUT2D eigenvalue weighted by molar-refractivity contribution is 0.0838. The van der Waals surface area contributed by atoms with E-state index in [-0.39, 0.29) is 0 Å². The summed E-state index contributed by atoms with van der Waals surface area (Å²) in [6.07, 6.45) is 3.58. The van der Waals surface area contributed by atoms with Crippen molar-refractivity contribution >= 4 is 0 Å².